The number of benzene rings is 2. The van der Waals surface area contributed by atoms with Gasteiger partial charge in [0.05, 0.1) is 38.0 Å². The Bertz CT molecular complexity index is 1210. The lowest BCUT2D eigenvalue weighted by Crippen LogP contribution is -2.20. The SMILES string of the molecule is COc1cccc2c1C(=O)C(c1cc(OC)c3c(c1OC)C(=O)C=CC3=O)=CC2=O. The first-order valence-corrected chi connectivity index (χ1v) is 8.96. The Hall–Kier alpha value is -4.00. The van der Waals surface area contributed by atoms with E-state index >= 15 is 0 Å². The van der Waals surface area contributed by atoms with Gasteiger partial charge in [-0.15, -0.1) is 0 Å². The summed E-state index contributed by atoms with van der Waals surface area (Å²) in [4.78, 5) is 51.1. The van der Waals surface area contributed by atoms with Crippen LogP contribution in [0.15, 0.2) is 42.5 Å². The van der Waals surface area contributed by atoms with Crippen molar-refractivity contribution in [2.45, 2.75) is 0 Å². The van der Waals surface area contributed by atoms with Gasteiger partial charge in [-0.05, 0) is 30.4 Å². The molecule has 0 saturated heterocycles. The van der Waals surface area contributed by atoms with Gasteiger partial charge in [-0.3, -0.25) is 19.2 Å². The summed E-state index contributed by atoms with van der Waals surface area (Å²) in [6, 6.07) is 6.19. The van der Waals surface area contributed by atoms with Crippen LogP contribution in [0.4, 0.5) is 0 Å². The largest absolute Gasteiger partial charge is 0.496 e. The molecule has 0 fully saturated rings. The van der Waals surface area contributed by atoms with Gasteiger partial charge in [0.1, 0.15) is 17.2 Å². The van der Waals surface area contributed by atoms with Gasteiger partial charge >= 0.3 is 0 Å². The molecule has 30 heavy (non-hydrogen) atoms. The van der Waals surface area contributed by atoms with E-state index in [1.807, 2.05) is 0 Å². The summed E-state index contributed by atoms with van der Waals surface area (Å²) >= 11 is 0. The molecule has 0 amide bonds. The van der Waals surface area contributed by atoms with Crippen molar-refractivity contribution in [3.05, 3.63) is 70.3 Å². The quantitative estimate of drug-likeness (QED) is 0.772. The third-order valence-corrected chi connectivity index (χ3v) is 5.10. The number of hydrogen-bond donors (Lipinski definition) is 0. The van der Waals surface area contributed by atoms with Crippen LogP contribution in [-0.2, 0) is 0 Å². The fraction of sp³-hybridized carbons (Fsp3) is 0.130. The lowest BCUT2D eigenvalue weighted by atomic mass is 9.82. The van der Waals surface area contributed by atoms with Crippen LogP contribution in [0.3, 0.4) is 0 Å². The van der Waals surface area contributed by atoms with Crippen LogP contribution < -0.4 is 14.2 Å². The molecule has 0 aromatic heterocycles. The van der Waals surface area contributed by atoms with Crippen molar-refractivity contribution in [1.82, 2.24) is 0 Å². The molecule has 0 saturated carbocycles. The minimum atomic E-state index is -0.465. The van der Waals surface area contributed by atoms with Crippen LogP contribution >= 0.6 is 0 Å². The number of hydrogen-bond acceptors (Lipinski definition) is 7. The zero-order valence-corrected chi connectivity index (χ0v) is 16.4. The van der Waals surface area contributed by atoms with Gasteiger partial charge in [-0.2, -0.15) is 0 Å². The molecule has 150 valence electrons. The van der Waals surface area contributed by atoms with Gasteiger partial charge in [-0.25, -0.2) is 0 Å². The first-order valence-electron chi connectivity index (χ1n) is 8.96. The summed E-state index contributed by atoms with van der Waals surface area (Å²) < 4.78 is 16.0. The number of fused-ring (bicyclic) bond motifs is 2. The smallest absolute Gasteiger partial charge is 0.198 e. The number of ether oxygens (including phenoxy) is 3. The first kappa shape index (κ1) is 19.3. The maximum absolute atomic E-state index is 13.4. The van der Waals surface area contributed by atoms with E-state index < -0.39 is 17.3 Å². The van der Waals surface area contributed by atoms with E-state index in [1.165, 1.54) is 33.5 Å². The van der Waals surface area contributed by atoms with E-state index in [0.717, 1.165) is 12.2 Å². The van der Waals surface area contributed by atoms with Crippen molar-refractivity contribution >= 4 is 28.7 Å². The van der Waals surface area contributed by atoms with E-state index in [2.05, 4.69) is 0 Å². The second-order valence-electron chi connectivity index (χ2n) is 6.61. The van der Waals surface area contributed by atoms with Gasteiger partial charge in [0.25, 0.3) is 0 Å². The number of Topliss-reactive ketones (excluding diaryl/α,β-unsaturated/α-hetero) is 1. The fourth-order valence-electron chi connectivity index (χ4n) is 3.76. The maximum atomic E-state index is 13.4. The van der Waals surface area contributed by atoms with E-state index in [-0.39, 0.29) is 56.4 Å². The monoisotopic (exact) mass is 404 g/mol. The summed E-state index contributed by atoms with van der Waals surface area (Å²) in [6.07, 6.45) is 3.48. The summed E-state index contributed by atoms with van der Waals surface area (Å²) in [7, 11) is 4.08. The molecule has 7 nitrogen and oxygen atoms in total. The number of rotatable bonds is 4. The number of carbonyl (C=O) groups is 4. The van der Waals surface area contributed by atoms with Crippen molar-refractivity contribution in [2.75, 3.05) is 21.3 Å². The molecule has 0 heterocycles. The molecule has 0 N–H and O–H groups in total. The highest BCUT2D eigenvalue weighted by Crippen LogP contribution is 2.43. The Balaban J connectivity index is 2.02. The molecule has 0 bridgehead atoms. The maximum Gasteiger partial charge on any atom is 0.198 e. The second kappa shape index (κ2) is 7.11. The van der Waals surface area contributed by atoms with Crippen LogP contribution in [0.5, 0.6) is 17.2 Å². The molecule has 7 heteroatoms. The third kappa shape index (κ3) is 2.67. The van der Waals surface area contributed by atoms with Gasteiger partial charge < -0.3 is 14.2 Å². The number of allylic oxidation sites excluding steroid dienone is 4. The molecule has 2 aliphatic carbocycles. The molecule has 2 aromatic carbocycles. The van der Waals surface area contributed by atoms with Gasteiger partial charge in [-0.1, -0.05) is 12.1 Å². The standard InChI is InChI=1S/C23H16O7/c1-28-17-6-4-5-11-16(26)9-12(22(27)19(11)17)13-10-18(29-2)20-14(24)7-8-15(25)21(20)23(13)30-3/h4-10H,1-3H3. The minimum Gasteiger partial charge on any atom is -0.496 e. The Morgan fingerprint density at radius 1 is 0.667 bits per heavy atom. The average Bonchev–Trinajstić information content (AvgIpc) is 2.76. The summed E-state index contributed by atoms with van der Waals surface area (Å²) in [5.41, 5.74) is 0.596. The summed E-state index contributed by atoms with van der Waals surface area (Å²) in [6.45, 7) is 0. The third-order valence-electron chi connectivity index (χ3n) is 5.10. The number of methoxy groups -OCH3 is 3. The van der Waals surface area contributed by atoms with Crippen LogP contribution in [-0.4, -0.2) is 44.5 Å². The van der Waals surface area contributed by atoms with Crippen LogP contribution in [0.2, 0.25) is 0 Å². The Labute approximate surface area is 171 Å². The lowest BCUT2D eigenvalue weighted by molar-refractivity contribution is 0.0988. The normalized spacial score (nSPS) is 14.8. The summed E-state index contributed by atoms with van der Waals surface area (Å²) in [5, 5.41) is 0. The van der Waals surface area contributed by atoms with Crippen molar-refractivity contribution in [2.24, 2.45) is 0 Å². The van der Waals surface area contributed by atoms with Crippen LogP contribution in [0, 0.1) is 0 Å². The molecule has 0 unspecified atom stereocenters. The highest BCUT2D eigenvalue weighted by atomic mass is 16.5. The zero-order valence-electron chi connectivity index (χ0n) is 16.4. The van der Waals surface area contributed by atoms with Gasteiger partial charge in [0.2, 0.25) is 0 Å². The highest BCUT2D eigenvalue weighted by molar-refractivity contribution is 6.40. The average molecular weight is 404 g/mol. The topological polar surface area (TPSA) is 96.0 Å². The molecular weight excluding hydrogens is 388 g/mol. The highest BCUT2D eigenvalue weighted by Gasteiger charge is 2.35. The minimum absolute atomic E-state index is 0.00803. The van der Waals surface area contributed by atoms with E-state index in [4.69, 9.17) is 14.2 Å². The Kier molecular flexibility index (Phi) is 4.58. The molecule has 2 aromatic rings. The molecule has 4 rings (SSSR count). The van der Waals surface area contributed by atoms with Gasteiger partial charge in [0.15, 0.2) is 23.1 Å². The van der Waals surface area contributed by atoms with E-state index in [9.17, 15) is 19.2 Å². The predicted molar refractivity (Wildman–Crippen MR) is 107 cm³/mol. The van der Waals surface area contributed by atoms with E-state index in [0.29, 0.717) is 0 Å². The zero-order chi connectivity index (χ0) is 21.6. The number of ketones is 4. The summed E-state index contributed by atoms with van der Waals surface area (Å²) in [5.74, 6) is -1.34. The second-order valence-corrected chi connectivity index (χ2v) is 6.61. The fourth-order valence-corrected chi connectivity index (χ4v) is 3.76. The van der Waals surface area contributed by atoms with Crippen LogP contribution in [0.1, 0.15) is 47.0 Å². The molecule has 0 aliphatic heterocycles. The first-order chi connectivity index (χ1) is 14.4. The Morgan fingerprint density at radius 3 is 1.97 bits per heavy atom. The molecule has 0 radical (unpaired) electrons. The molecular formula is C23H16O7. The Morgan fingerprint density at radius 2 is 1.33 bits per heavy atom. The van der Waals surface area contributed by atoms with E-state index in [1.54, 1.807) is 18.2 Å². The van der Waals surface area contributed by atoms with Gasteiger partial charge in [0, 0.05) is 16.7 Å². The van der Waals surface area contributed by atoms with Crippen molar-refractivity contribution in [3.8, 4) is 17.2 Å². The molecule has 0 spiro atoms. The van der Waals surface area contributed by atoms with Crippen molar-refractivity contribution in [1.29, 1.82) is 0 Å². The number of carbonyl (C=O) groups excluding carboxylic acids is 4. The molecule has 2 aliphatic rings. The van der Waals surface area contributed by atoms with Crippen LogP contribution in [0.25, 0.3) is 5.57 Å². The van der Waals surface area contributed by atoms with Crippen molar-refractivity contribution in [3.63, 3.8) is 0 Å². The lowest BCUT2D eigenvalue weighted by Gasteiger charge is -2.23. The van der Waals surface area contributed by atoms with Crippen molar-refractivity contribution < 1.29 is 33.4 Å². The molecule has 0 atom stereocenters. The predicted octanol–water partition coefficient (Wildman–Crippen LogP) is 3.11.